The topological polar surface area (TPSA) is 44.8 Å². The maximum atomic E-state index is 11.1. The van der Waals surface area contributed by atoms with Crippen molar-refractivity contribution in [2.24, 2.45) is 0 Å². The summed E-state index contributed by atoms with van der Waals surface area (Å²) >= 11 is 0. The molecule has 4 nitrogen and oxygen atoms in total. The van der Waals surface area contributed by atoms with E-state index in [4.69, 9.17) is 9.47 Å². The van der Waals surface area contributed by atoms with Gasteiger partial charge in [0, 0.05) is 17.9 Å². The molecule has 0 amide bonds. The Morgan fingerprint density at radius 2 is 2.29 bits per heavy atom. The van der Waals surface area contributed by atoms with Crippen LogP contribution in [0.25, 0.3) is 0 Å². The third-order valence-corrected chi connectivity index (χ3v) is 3.02. The van der Waals surface area contributed by atoms with Gasteiger partial charge in [0.05, 0.1) is 20.8 Å². The lowest BCUT2D eigenvalue weighted by atomic mass is 9.96. The molecule has 0 bridgehead atoms. The van der Waals surface area contributed by atoms with Gasteiger partial charge in [-0.15, -0.1) is 0 Å². The number of fused-ring (bicyclic) bond motifs is 1. The average Bonchev–Trinajstić information content (AvgIpc) is 2.78. The molecule has 1 aromatic carbocycles. The second-order valence-corrected chi connectivity index (χ2v) is 4.03. The lowest BCUT2D eigenvalue weighted by Crippen LogP contribution is -2.06. The van der Waals surface area contributed by atoms with Crippen molar-refractivity contribution >= 4 is 5.97 Å². The van der Waals surface area contributed by atoms with Crippen LogP contribution in [0.5, 0.6) is 11.5 Å². The number of hydrogen-bond donors (Lipinski definition) is 0. The van der Waals surface area contributed by atoms with Crippen LogP contribution in [-0.4, -0.2) is 26.8 Å². The van der Waals surface area contributed by atoms with Crippen LogP contribution in [0.1, 0.15) is 24.3 Å². The first-order chi connectivity index (χ1) is 8.24. The Bertz CT molecular complexity index is 414. The Morgan fingerprint density at radius 3 is 3.00 bits per heavy atom. The molecule has 0 saturated heterocycles. The number of hydrogen-bond acceptors (Lipinski definition) is 4. The average molecular weight is 236 g/mol. The lowest BCUT2D eigenvalue weighted by Gasteiger charge is -2.08. The standard InChI is InChI=1S/C13H16O4/c1-15-10-4-5-12-11(7-10)9(8-17-12)3-6-13(14)16-2/h4-5,7,9H,3,6,8H2,1-2H3/t9-/m1/s1. The van der Waals surface area contributed by atoms with Crippen LogP contribution in [0.2, 0.25) is 0 Å². The van der Waals surface area contributed by atoms with Crippen molar-refractivity contribution in [2.75, 3.05) is 20.8 Å². The number of carbonyl (C=O) groups excluding carboxylic acids is 1. The van der Waals surface area contributed by atoms with Crippen LogP contribution < -0.4 is 9.47 Å². The van der Waals surface area contributed by atoms with Gasteiger partial charge in [0.25, 0.3) is 0 Å². The van der Waals surface area contributed by atoms with Gasteiger partial charge in [-0.2, -0.15) is 0 Å². The van der Waals surface area contributed by atoms with E-state index in [-0.39, 0.29) is 11.9 Å². The van der Waals surface area contributed by atoms with Gasteiger partial charge in [-0.25, -0.2) is 0 Å². The zero-order valence-electron chi connectivity index (χ0n) is 10.1. The van der Waals surface area contributed by atoms with E-state index in [1.165, 1.54) is 7.11 Å². The highest BCUT2D eigenvalue weighted by Crippen LogP contribution is 2.38. The summed E-state index contributed by atoms with van der Waals surface area (Å²) in [5.41, 5.74) is 1.12. The van der Waals surface area contributed by atoms with Gasteiger partial charge in [0.1, 0.15) is 11.5 Å². The Hall–Kier alpha value is -1.71. The molecular formula is C13H16O4. The van der Waals surface area contributed by atoms with Crippen LogP contribution in [0.4, 0.5) is 0 Å². The number of methoxy groups -OCH3 is 2. The Labute approximate surface area is 100 Å². The van der Waals surface area contributed by atoms with E-state index in [1.807, 2.05) is 18.2 Å². The van der Waals surface area contributed by atoms with Crippen molar-refractivity contribution in [3.8, 4) is 11.5 Å². The summed E-state index contributed by atoms with van der Waals surface area (Å²) < 4.78 is 15.4. The number of esters is 1. The molecule has 0 radical (unpaired) electrons. The van der Waals surface area contributed by atoms with Crippen LogP contribution in [0, 0.1) is 0 Å². The predicted molar refractivity (Wildman–Crippen MR) is 62.5 cm³/mol. The molecule has 92 valence electrons. The summed E-state index contributed by atoms with van der Waals surface area (Å²) in [5.74, 6) is 1.78. The largest absolute Gasteiger partial charge is 0.497 e. The van der Waals surface area contributed by atoms with Gasteiger partial charge in [0.15, 0.2) is 0 Å². The summed E-state index contributed by atoms with van der Waals surface area (Å²) in [6.07, 6.45) is 1.16. The SMILES string of the molecule is COC(=O)CC[C@@H]1COc2ccc(OC)cc21. The van der Waals surface area contributed by atoms with Crippen LogP contribution >= 0.6 is 0 Å². The van der Waals surface area contributed by atoms with Gasteiger partial charge in [0.2, 0.25) is 0 Å². The van der Waals surface area contributed by atoms with Gasteiger partial charge < -0.3 is 14.2 Å². The monoisotopic (exact) mass is 236 g/mol. The van der Waals surface area contributed by atoms with Gasteiger partial charge in [-0.3, -0.25) is 4.79 Å². The second kappa shape index (κ2) is 5.08. The first-order valence-electron chi connectivity index (χ1n) is 5.62. The third kappa shape index (κ3) is 2.52. The Balaban J connectivity index is 2.07. The number of benzene rings is 1. The fourth-order valence-electron chi connectivity index (χ4n) is 2.02. The molecule has 0 aliphatic carbocycles. The van der Waals surface area contributed by atoms with Gasteiger partial charge >= 0.3 is 5.97 Å². The molecule has 0 fully saturated rings. The molecule has 2 rings (SSSR count). The molecule has 0 spiro atoms. The summed E-state index contributed by atoms with van der Waals surface area (Å²) in [6.45, 7) is 0.624. The normalized spacial score (nSPS) is 17.2. The Morgan fingerprint density at radius 1 is 1.47 bits per heavy atom. The molecule has 0 N–H and O–H groups in total. The van der Waals surface area contributed by atoms with E-state index in [0.29, 0.717) is 13.0 Å². The quantitative estimate of drug-likeness (QED) is 0.751. The Kier molecular flexibility index (Phi) is 3.52. The predicted octanol–water partition coefficient (Wildman–Crippen LogP) is 2.12. The minimum Gasteiger partial charge on any atom is -0.497 e. The second-order valence-electron chi connectivity index (χ2n) is 4.03. The third-order valence-electron chi connectivity index (χ3n) is 3.02. The van der Waals surface area contributed by atoms with E-state index in [9.17, 15) is 4.79 Å². The summed E-state index contributed by atoms with van der Waals surface area (Å²) in [6, 6.07) is 5.76. The molecular weight excluding hydrogens is 220 g/mol. The molecule has 4 heteroatoms. The molecule has 1 aliphatic heterocycles. The first-order valence-corrected chi connectivity index (χ1v) is 5.62. The van der Waals surface area contributed by atoms with Gasteiger partial charge in [-0.1, -0.05) is 0 Å². The number of rotatable bonds is 4. The zero-order chi connectivity index (χ0) is 12.3. The molecule has 0 aromatic heterocycles. The highest BCUT2D eigenvalue weighted by atomic mass is 16.5. The maximum absolute atomic E-state index is 11.1. The van der Waals surface area contributed by atoms with Crippen LogP contribution in [0.15, 0.2) is 18.2 Å². The minimum absolute atomic E-state index is 0.179. The molecule has 1 atom stereocenters. The lowest BCUT2D eigenvalue weighted by molar-refractivity contribution is -0.140. The highest BCUT2D eigenvalue weighted by molar-refractivity contribution is 5.69. The highest BCUT2D eigenvalue weighted by Gasteiger charge is 2.25. The maximum Gasteiger partial charge on any atom is 0.305 e. The molecule has 17 heavy (non-hydrogen) atoms. The van der Waals surface area contributed by atoms with E-state index in [1.54, 1.807) is 7.11 Å². The van der Waals surface area contributed by atoms with Crippen molar-refractivity contribution in [3.05, 3.63) is 23.8 Å². The first kappa shape index (κ1) is 11.8. The fraction of sp³-hybridized carbons (Fsp3) is 0.462. The van der Waals surface area contributed by atoms with E-state index in [2.05, 4.69) is 4.74 Å². The number of carbonyl (C=O) groups is 1. The zero-order valence-corrected chi connectivity index (χ0v) is 10.1. The molecule has 1 aromatic rings. The molecule has 1 aliphatic rings. The van der Waals surface area contributed by atoms with Crippen molar-refractivity contribution in [3.63, 3.8) is 0 Å². The van der Waals surface area contributed by atoms with Crippen LogP contribution in [-0.2, 0) is 9.53 Å². The number of ether oxygens (including phenoxy) is 3. The van der Waals surface area contributed by atoms with Crippen molar-refractivity contribution < 1.29 is 19.0 Å². The molecule has 0 saturated carbocycles. The van der Waals surface area contributed by atoms with E-state index >= 15 is 0 Å². The van der Waals surface area contributed by atoms with Crippen molar-refractivity contribution in [2.45, 2.75) is 18.8 Å². The summed E-state index contributed by atoms with van der Waals surface area (Å²) in [7, 11) is 3.05. The minimum atomic E-state index is -0.179. The van der Waals surface area contributed by atoms with E-state index < -0.39 is 0 Å². The van der Waals surface area contributed by atoms with Crippen molar-refractivity contribution in [1.29, 1.82) is 0 Å². The molecule has 0 unspecified atom stereocenters. The van der Waals surface area contributed by atoms with E-state index in [0.717, 1.165) is 23.5 Å². The smallest absolute Gasteiger partial charge is 0.305 e. The fourth-order valence-corrected chi connectivity index (χ4v) is 2.02. The van der Waals surface area contributed by atoms with Crippen molar-refractivity contribution in [1.82, 2.24) is 0 Å². The molecule has 1 heterocycles. The van der Waals surface area contributed by atoms with Gasteiger partial charge in [-0.05, 0) is 24.6 Å². The summed E-state index contributed by atoms with van der Waals surface area (Å²) in [4.78, 5) is 11.1. The van der Waals surface area contributed by atoms with Crippen LogP contribution in [0.3, 0.4) is 0 Å². The summed E-state index contributed by atoms with van der Waals surface area (Å²) in [5, 5.41) is 0.